The van der Waals surface area contributed by atoms with Crippen LogP contribution < -0.4 is 5.43 Å². The summed E-state index contributed by atoms with van der Waals surface area (Å²) in [7, 11) is 0. The molecule has 4 heteroatoms. The third-order valence-electron chi connectivity index (χ3n) is 6.07. The van der Waals surface area contributed by atoms with Crippen LogP contribution in [0.25, 0.3) is 22.2 Å². The molecular weight excluding hydrogens is 358 g/mol. The van der Waals surface area contributed by atoms with E-state index in [9.17, 15) is 4.79 Å². The van der Waals surface area contributed by atoms with E-state index in [2.05, 4.69) is 41.7 Å². The van der Waals surface area contributed by atoms with Crippen LogP contribution in [0.5, 0.6) is 0 Å². The number of pyridine rings is 1. The predicted octanol–water partition coefficient (Wildman–Crippen LogP) is 5.14. The molecule has 1 saturated carbocycles. The maximum Gasteiger partial charge on any atom is 0.272 e. The number of nitrogens with one attached hydrogen (secondary N) is 1. The Morgan fingerprint density at radius 1 is 1.10 bits per heavy atom. The van der Waals surface area contributed by atoms with Crippen molar-refractivity contribution in [3.8, 4) is 11.3 Å². The third kappa shape index (κ3) is 3.46. The first kappa shape index (κ1) is 17.8. The van der Waals surface area contributed by atoms with E-state index in [1.807, 2.05) is 48.7 Å². The molecule has 2 aliphatic carbocycles. The maximum absolute atomic E-state index is 13.0. The van der Waals surface area contributed by atoms with Crippen molar-refractivity contribution >= 4 is 23.0 Å². The zero-order valence-electron chi connectivity index (χ0n) is 16.4. The Morgan fingerprint density at radius 3 is 2.69 bits per heavy atom. The van der Waals surface area contributed by atoms with Crippen molar-refractivity contribution in [3.05, 3.63) is 77.9 Å². The first-order valence-corrected chi connectivity index (χ1v) is 10.2. The molecule has 4 nitrogen and oxygen atoms in total. The summed E-state index contributed by atoms with van der Waals surface area (Å²) in [5.74, 6) is 1.50. The van der Waals surface area contributed by atoms with Crippen molar-refractivity contribution in [1.29, 1.82) is 0 Å². The molecule has 2 aliphatic rings. The van der Waals surface area contributed by atoms with Crippen molar-refractivity contribution < 1.29 is 4.79 Å². The zero-order chi connectivity index (χ0) is 19.8. The van der Waals surface area contributed by atoms with Gasteiger partial charge in [-0.05, 0) is 43.7 Å². The van der Waals surface area contributed by atoms with Gasteiger partial charge in [-0.3, -0.25) is 4.79 Å². The molecule has 1 heterocycles. The van der Waals surface area contributed by atoms with E-state index >= 15 is 0 Å². The number of carbonyl (C=O) groups is 1. The number of rotatable bonds is 4. The second-order valence-electron chi connectivity index (χ2n) is 8.10. The fourth-order valence-corrected chi connectivity index (χ4v) is 4.48. The van der Waals surface area contributed by atoms with Crippen LogP contribution >= 0.6 is 0 Å². The predicted molar refractivity (Wildman–Crippen MR) is 117 cm³/mol. The van der Waals surface area contributed by atoms with E-state index in [0.717, 1.165) is 28.6 Å². The molecule has 5 rings (SSSR count). The number of hydrazone groups is 1. The minimum atomic E-state index is -0.202. The first-order valence-electron chi connectivity index (χ1n) is 10.2. The maximum atomic E-state index is 13.0. The lowest BCUT2D eigenvalue weighted by atomic mass is 9.95. The monoisotopic (exact) mass is 381 g/mol. The molecule has 0 saturated heterocycles. The zero-order valence-corrected chi connectivity index (χ0v) is 16.4. The number of para-hydroxylation sites is 1. The normalized spacial score (nSPS) is 22.6. The summed E-state index contributed by atoms with van der Waals surface area (Å²) in [5, 5.41) is 5.12. The van der Waals surface area contributed by atoms with Crippen LogP contribution in [-0.2, 0) is 0 Å². The Bertz CT molecular complexity index is 1130. The van der Waals surface area contributed by atoms with Gasteiger partial charge in [0, 0.05) is 23.1 Å². The molecule has 3 aromatic rings. The van der Waals surface area contributed by atoms with E-state index in [4.69, 9.17) is 4.98 Å². The fraction of sp³-hybridized carbons (Fsp3) is 0.240. The number of carbonyl (C=O) groups excluding carboxylic acids is 1. The minimum Gasteiger partial charge on any atom is -0.267 e. The Labute approximate surface area is 170 Å². The number of nitrogens with zero attached hydrogens (tertiary/aromatic N) is 2. The van der Waals surface area contributed by atoms with Crippen LogP contribution in [0.2, 0.25) is 0 Å². The molecule has 2 aromatic carbocycles. The van der Waals surface area contributed by atoms with Crippen LogP contribution in [0, 0.1) is 24.7 Å². The molecule has 0 aliphatic heterocycles. The van der Waals surface area contributed by atoms with Crippen molar-refractivity contribution in [2.75, 3.05) is 0 Å². The van der Waals surface area contributed by atoms with E-state index < -0.39 is 0 Å². The summed E-state index contributed by atoms with van der Waals surface area (Å²) in [6.07, 6.45) is 8.87. The molecule has 29 heavy (non-hydrogen) atoms. The summed E-state index contributed by atoms with van der Waals surface area (Å²) in [6.45, 7) is 2.06. The van der Waals surface area contributed by atoms with Crippen molar-refractivity contribution in [1.82, 2.24) is 10.4 Å². The van der Waals surface area contributed by atoms with E-state index in [1.165, 1.54) is 12.0 Å². The van der Waals surface area contributed by atoms with Gasteiger partial charge in [-0.15, -0.1) is 0 Å². The smallest absolute Gasteiger partial charge is 0.267 e. The van der Waals surface area contributed by atoms with Gasteiger partial charge in [0.05, 0.1) is 16.8 Å². The van der Waals surface area contributed by atoms with E-state index in [0.29, 0.717) is 23.3 Å². The quantitative estimate of drug-likeness (QED) is 0.387. The van der Waals surface area contributed by atoms with Gasteiger partial charge in [0.2, 0.25) is 0 Å². The van der Waals surface area contributed by atoms with Gasteiger partial charge in [0.1, 0.15) is 0 Å². The van der Waals surface area contributed by atoms with E-state index in [1.54, 1.807) is 0 Å². The average Bonchev–Trinajstić information content (AvgIpc) is 3.37. The van der Waals surface area contributed by atoms with Crippen LogP contribution in [-0.4, -0.2) is 17.1 Å². The molecule has 0 unspecified atom stereocenters. The molecule has 1 aromatic heterocycles. The van der Waals surface area contributed by atoms with Crippen LogP contribution in [0.3, 0.4) is 0 Å². The van der Waals surface area contributed by atoms with Crippen LogP contribution in [0.4, 0.5) is 0 Å². The highest BCUT2D eigenvalue weighted by atomic mass is 16.2. The molecule has 144 valence electrons. The highest BCUT2D eigenvalue weighted by molar-refractivity contribution is 6.07. The summed E-state index contributed by atoms with van der Waals surface area (Å²) >= 11 is 0. The van der Waals surface area contributed by atoms with Crippen molar-refractivity contribution in [3.63, 3.8) is 0 Å². The fourth-order valence-electron chi connectivity index (χ4n) is 4.48. The molecule has 0 spiro atoms. The number of aromatic nitrogens is 1. The van der Waals surface area contributed by atoms with Gasteiger partial charge >= 0.3 is 0 Å². The number of fused-ring (bicyclic) bond motifs is 3. The number of allylic oxidation sites excluding steroid dienone is 2. The molecular formula is C25H23N3O. The van der Waals surface area contributed by atoms with Gasteiger partial charge < -0.3 is 0 Å². The summed E-state index contributed by atoms with van der Waals surface area (Å²) in [5.41, 5.74) is 7.11. The van der Waals surface area contributed by atoms with Crippen molar-refractivity contribution in [2.45, 2.75) is 19.8 Å². The highest BCUT2D eigenvalue weighted by Gasteiger charge is 2.34. The lowest BCUT2D eigenvalue weighted by Crippen LogP contribution is -2.20. The molecule has 1 amide bonds. The van der Waals surface area contributed by atoms with E-state index in [-0.39, 0.29) is 5.91 Å². The number of hydrogen-bond donors (Lipinski definition) is 1. The number of aryl methyl sites for hydroxylation is 1. The van der Waals surface area contributed by atoms with Crippen LogP contribution in [0.15, 0.2) is 71.9 Å². The number of amides is 1. The molecule has 1 fully saturated rings. The SMILES string of the molecule is Cc1ccc(-c2cc(C(=O)N/N=C\[C@H]3C[C@H]4C=C[C@H]3C4)c3ccccc3n2)cc1. The number of hydrogen-bond acceptors (Lipinski definition) is 3. The Balaban J connectivity index is 1.44. The third-order valence-corrected chi connectivity index (χ3v) is 6.07. The minimum absolute atomic E-state index is 0.202. The molecule has 2 bridgehead atoms. The Morgan fingerprint density at radius 2 is 1.93 bits per heavy atom. The van der Waals surface area contributed by atoms with Gasteiger partial charge in [-0.1, -0.05) is 60.2 Å². The van der Waals surface area contributed by atoms with Gasteiger partial charge in [0.15, 0.2) is 0 Å². The lowest BCUT2D eigenvalue weighted by molar-refractivity contribution is 0.0956. The lowest BCUT2D eigenvalue weighted by Gasteiger charge is -2.12. The van der Waals surface area contributed by atoms with Gasteiger partial charge in [0.25, 0.3) is 5.91 Å². The first-order chi connectivity index (χ1) is 14.2. The second-order valence-corrected chi connectivity index (χ2v) is 8.10. The molecule has 3 atom stereocenters. The van der Waals surface area contributed by atoms with Gasteiger partial charge in [-0.2, -0.15) is 5.10 Å². The summed E-state index contributed by atoms with van der Waals surface area (Å²) in [4.78, 5) is 17.7. The summed E-state index contributed by atoms with van der Waals surface area (Å²) in [6, 6.07) is 17.8. The standard InChI is InChI=1S/C25H23N3O/c1-16-6-9-18(10-7-16)24-14-22(21-4-2-3-5-23(21)27-24)25(29)28-26-15-20-13-17-8-11-19(20)12-17/h2-11,14-15,17,19-20H,12-13H2,1H3,(H,28,29)/b26-15-/t17-,19-,20+/m0/s1. The topological polar surface area (TPSA) is 54.4 Å². The Hall–Kier alpha value is -3.27. The highest BCUT2D eigenvalue weighted by Crippen LogP contribution is 2.42. The van der Waals surface area contributed by atoms with Crippen molar-refractivity contribution in [2.24, 2.45) is 22.9 Å². The Kier molecular flexibility index (Phi) is 4.47. The molecule has 0 radical (unpaired) electrons. The van der Waals surface area contributed by atoms with Crippen LogP contribution in [0.1, 0.15) is 28.8 Å². The molecule has 1 N–H and O–H groups in total. The second kappa shape index (κ2) is 7.28. The van der Waals surface area contributed by atoms with Gasteiger partial charge in [-0.25, -0.2) is 10.4 Å². The number of benzene rings is 2. The largest absolute Gasteiger partial charge is 0.272 e. The average molecular weight is 381 g/mol. The summed E-state index contributed by atoms with van der Waals surface area (Å²) < 4.78 is 0.